The fraction of sp³-hybridized carbons (Fsp3) is 0.278. The van der Waals surface area contributed by atoms with Crippen molar-refractivity contribution < 1.29 is 13.2 Å². The van der Waals surface area contributed by atoms with E-state index in [1.165, 1.54) is 11.8 Å². The standard InChI is InChI=1S/C18H18N2O3S2/c19-18-20(16-11-25(21,22)12-17(16)24-18)14-6-8-15(9-7-14)23-10-13-4-2-1-3-5-13/h1-9,16-17,19H,10-12H2/t16-,17-/m1/s1. The highest BCUT2D eigenvalue weighted by molar-refractivity contribution is 8.15. The van der Waals surface area contributed by atoms with Crippen LogP contribution in [0.4, 0.5) is 5.69 Å². The third kappa shape index (κ3) is 3.39. The van der Waals surface area contributed by atoms with Gasteiger partial charge in [-0.1, -0.05) is 42.1 Å². The third-order valence-electron chi connectivity index (χ3n) is 4.45. The molecular weight excluding hydrogens is 356 g/mol. The van der Waals surface area contributed by atoms with Crippen LogP contribution in [0.25, 0.3) is 0 Å². The van der Waals surface area contributed by atoms with E-state index in [1.54, 1.807) is 0 Å². The maximum Gasteiger partial charge on any atom is 0.161 e. The summed E-state index contributed by atoms with van der Waals surface area (Å²) >= 11 is 1.35. The van der Waals surface area contributed by atoms with Gasteiger partial charge in [0.25, 0.3) is 0 Å². The number of rotatable bonds is 4. The van der Waals surface area contributed by atoms with E-state index in [9.17, 15) is 8.42 Å². The van der Waals surface area contributed by atoms with Crippen LogP contribution in [0.1, 0.15) is 5.56 Å². The van der Waals surface area contributed by atoms with Crippen LogP contribution in [-0.2, 0) is 16.4 Å². The summed E-state index contributed by atoms with van der Waals surface area (Å²) in [5, 5.41) is 8.56. The lowest BCUT2D eigenvalue weighted by Gasteiger charge is -2.24. The molecule has 2 aromatic rings. The highest BCUT2D eigenvalue weighted by Gasteiger charge is 2.48. The molecule has 0 radical (unpaired) electrons. The van der Waals surface area contributed by atoms with Crippen LogP contribution in [0.5, 0.6) is 5.75 Å². The summed E-state index contributed by atoms with van der Waals surface area (Å²) in [4.78, 5) is 1.83. The summed E-state index contributed by atoms with van der Waals surface area (Å²) in [7, 11) is -3.00. The number of nitrogens with one attached hydrogen (secondary N) is 1. The minimum Gasteiger partial charge on any atom is -0.489 e. The van der Waals surface area contributed by atoms with E-state index in [1.807, 2.05) is 59.5 Å². The van der Waals surface area contributed by atoms with Gasteiger partial charge in [0.15, 0.2) is 15.0 Å². The van der Waals surface area contributed by atoms with Gasteiger partial charge in [0.05, 0.1) is 17.5 Å². The van der Waals surface area contributed by atoms with Crippen molar-refractivity contribution in [2.75, 3.05) is 16.4 Å². The molecule has 25 heavy (non-hydrogen) atoms. The van der Waals surface area contributed by atoms with E-state index in [-0.39, 0.29) is 22.8 Å². The average Bonchev–Trinajstić information content (AvgIpc) is 3.04. The van der Waals surface area contributed by atoms with Gasteiger partial charge in [-0.15, -0.1) is 0 Å². The van der Waals surface area contributed by atoms with Crippen molar-refractivity contribution in [2.45, 2.75) is 17.9 Å². The molecule has 2 heterocycles. The van der Waals surface area contributed by atoms with Crippen LogP contribution in [0.3, 0.4) is 0 Å². The molecule has 2 fully saturated rings. The monoisotopic (exact) mass is 374 g/mol. The van der Waals surface area contributed by atoms with E-state index in [2.05, 4.69) is 0 Å². The Hall–Kier alpha value is -1.99. The molecule has 0 bridgehead atoms. The van der Waals surface area contributed by atoms with Crippen LogP contribution >= 0.6 is 11.8 Å². The first-order valence-corrected chi connectivity index (χ1v) is 10.7. The minimum atomic E-state index is -3.00. The van der Waals surface area contributed by atoms with E-state index in [4.69, 9.17) is 10.1 Å². The number of hydrogen-bond donors (Lipinski definition) is 1. The summed E-state index contributed by atoms with van der Waals surface area (Å²) < 4.78 is 29.5. The molecule has 1 N–H and O–H groups in total. The summed E-state index contributed by atoms with van der Waals surface area (Å²) in [6.45, 7) is 0.499. The van der Waals surface area contributed by atoms with E-state index >= 15 is 0 Å². The second-order valence-corrected chi connectivity index (χ2v) is 9.63. The van der Waals surface area contributed by atoms with Crippen LogP contribution in [-0.4, -0.2) is 36.4 Å². The van der Waals surface area contributed by atoms with Crippen LogP contribution in [0.2, 0.25) is 0 Å². The Balaban J connectivity index is 1.47. The molecule has 0 saturated carbocycles. The normalized spacial score (nSPS) is 24.3. The Morgan fingerprint density at radius 1 is 1.08 bits per heavy atom. The molecular formula is C18H18N2O3S2. The molecule has 0 aromatic heterocycles. The molecule has 0 amide bonds. The van der Waals surface area contributed by atoms with Crippen molar-refractivity contribution in [3.8, 4) is 5.75 Å². The lowest BCUT2D eigenvalue weighted by atomic mass is 10.2. The molecule has 2 saturated heterocycles. The average molecular weight is 374 g/mol. The molecule has 0 unspecified atom stereocenters. The first kappa shape index (κ1) is 16.5. The van der Waals surface area contributed by atoms with Crippen LogP contribution in [0.15, 0.2) is 54.6 Å². The fourth-order valence-corrected chi connectivity index (χ4v) is 7.05. The first-order chi connectivity index (χ1) is 12.0. The van der Waals surface area contributed by atoms with E-state index in [0.29, 0.717) is 11.8 Å². The van der Waals surface area contributed by atoms with Gasteiger partial charge in [0.2, 0.25) is 0 Å². The summed E-state index contributed by atoms with van der Waals surface area (Å²) in [5.74, 6) is 1.04. The van der Waals surface area contributed by atoms with Gasteiger partial charge in [0, 0.05) is 10.9 Å². The Morgan fingerprint density at radius 3 is 2.52 bits per heavy atom. The molecule has 0 spiro atoms. The lowest BCUT2D eigenvalue weighted by Crippen LogP contribution is -2.37. The predicted octanol–water partition coefficient (Wildman–Crippen LogP) is 2.92. The highest BCUT2D eigenvalue weighted by atomic mass is 32.2. The number of thioether (sulfide) groups is 1. The third-order valence-corrected chi connectivity index (χ3v) is 7.58. The summed E-state index contributed by atoms with van der Waals surface area (Å²) in [6, 6.07) is 17.3. The van der Waals surface area contributed by atoms with Crippen molar-refractivity contribution >= 4 is 32.5 Å². The van der Waals surface area contributed by atoms with Gasteiger partial charge in [-0.2, -0.15) is 0 Å². The molecule has 2 aliphatic rings. The van der Waals surface area contributed by atoms with Crippen LogP contribution in [0, 0.1) is 5.41 Å². The highest BCUT2D eigenvalue weighted by Crippen LogP contribution is 2.40. The Kier molecular flexibility index (Phi) is 4.21. The van der Waals surface area contributed by atoms with Gasteiger partial charge in [-0.3, -0.25) is 5.41 Å². The largest absolute Gasteiger partial charge is 0.489 e. The van der Waals surface area contributed by atoms with Gasteiger partial charge < -0.3 is 9.64 Å². The summed E-state index contributed by atoms with van der Waals surface area (Å²) in [6.07, 6.45) is 0. The van der Waals surface area contributed by atoms with Crippen molar-refractivity contribution in [3.63, 3.8) is 0 Å². The number of benzene rings is 2. The number of sulfone groups is 1. The smallest absolute Gasteiger partial charge is 0.161 e. The number of hydrogen-bond acceptors (Lipinski definition) is 5. The summed E-state index contributed by atoms with van der Waals surface area (Å²) in [5.41, 5.74) is 1.94. The maximum absolute atomic E-state index is 11.9. The maximum atomic E-state index is 11.9. The zero-order valence-electron chi connectivity index (χ0n) is 13.5. The number of ether oxygens (including phenoxy) is 1. The minimum absolute atomic E-state index is 0.0356. The van der Waals surface area contributed by atoms with Gasteiger partial charge >= 0.3 is 0 Å². The quantitative estimate of drug-likeness (QED) is 0.891. The SMILES string of the molecule is N=C1S[C@@H]2CS(=O)(=O)C[C@H]2N1c1ccc(OCc2ccccc2)cc1. The zero-order valence-corrected chi connectivity index (χ0v) is 15.1. The van der Waals surface area contributed by atoms with Gasteiger partial charge in [-0.05, 0) is 29.8 Å². The number of nitrogens with zero attached hydrogens (tertiary/aromatic N) is 1. The first-order valence-electron chi connectivity index (χ1n) is 8.03. The molecule has 5 nitrogen and oxygen atoms in total. The Bertz CT molecular complexity index is 882. The number of anilines is 1. The molecule has 2 aromatic carbocycles. The molecule has 7 heteroatoms. The molecule has 2 atom stereocenters. The predicted molar refractivity (Wildman–Crippen MR) is 101 cm³/mol. The number of amidine groups is 1. The second-order valence-electron chi connectivity index (χ2n) is 6.24. The Labute approximate surface area is 151 Å². The van der Waals surface area contributed by atoms with Crippen molar-refractivity contribution in [1.82, 2.24) is 0 Å². The molecule has 130 valence electrons. The van der Waals surface area contributed by atoms with Crippen molar-refractivity contribution in [3.05, 3.63) is 60.2 Å². The van der Waals surface area contributed by atoms with Crippen molar-refractivity contribution in [1.29, 1.82) is 5.41 Å². The number of fused-ring (bicyclic) bond motifs is 1. The topological polar surface area (TPSA) is 70.5 Å². The van der Waals surface area contributed by atoms with Gasteiger partial charge in [0.1, 0.15) is 12.4 Å². The molecule has 4 rings (SSSR count). The molecule has 0 aliphatic carbocycles. The second kappa shape index (κ2) is 6.38. The zero-order chi connectivity index (χ0) is 17.4. The van der Waals surface area contributed by atoms with Crippen LogP contribution < -0.4 is 9.64 Å². The molecule has 2 aliphatic heterocycles. The van der Waals surface area contributed by atoms with E-state index < -0.39 is 9.84 Å². The lowest BCUT2D eigenvalue weighted by molar-refractivity contribution is 0.306. The van der Waals surface area contributed by atoms with Crippen molar-refractivity contribution in [2.24, 2.45) is 0 Å². The van der Waals surface area contributed by atoms with Gasteiger partial charge in [-0.25, -0.2) is 8.42 Å². The Morgan fingerprint density at radius 2 is 1.80 bits per heavy atom. The fourth-order valence-electron chi connectivity index (χ4n) is 3.25. The van der Waals surface area contributed by atoms with E-state index in [0.717, 1.165) is 17.0 Å².